The van der Waals surface area contributed by atoms with Gasteiger partial charge in [0.2, 0.25) is 0 Å². The van der Waals surface area contributed by atoms with Crippen molar-refractivity contribution in [1.29, 1.82) is 0 Å². The summed E-state index contributed by atoms with van der Waals surface area (Å²) >= 11 is 0. The SMILES string of the molecule is CCC(N)c1ccc(N2CCN(C)CC2)cc1. The van der Waals surface area contributed by atoms with E-state index in [4.69, 9.17) is 5.73 Å². The van der Waals surface area contributed by atoms with Crippen LogP contribution in [0, 0.1) is 0 Å². The molecule has 3 nitrogen and oxygen atoms in total. The molecule has 1 saturated heterocycles. The molecule has 1 fully saturated rings. The Morgan fingerprint density at radius 3 is 2.24 bits per heavy atom. The summed E-state index contributed by atoms with van der Waals surface area (Å²) in [7, 11) is 2.18. The van der Waals surface area contributed by atoms with Crippen molar-refractivity contribution >= 4 is 5.69 Å². The molecule has 0 bridgehead atoms. The van der Waals surface area contributed by atoms with Crippen molar-refractivity contribution in [3.05, 3.63) is 29.8 Å². The van der Waals surface area contributed by atoms with Crippen LogP contribution >= 0.6 is 0 Å². The van der Waals surface area contributed by atoms with Gasteiger partial charge in [-0.1, -0.05) is 19.1 Å². The number of rotatable bonds is 3. The number of nitrogens with two attached hydrogens (primary N) is 1. The van der Waals surface area contributed by atoms with Crippen molar-refractivity contribution in [3.8, 4) is 0 Å². The summed E-state index contributed by atoms with van der Waals surface area (Å²) in [5.74, 6) is 0. The van der Waals surface area contributed by atoms with E-state index in [0.717, 1.165) is 32.6 Å². The van der Waals surface area contributed by atoms with Gasteiger partial charge in [-0.3, -0.25) is 0 Å². The van der Waals surface area contributed by atoms with Gasteiger partial charge < -0.3 is 15.5 Å². The molecule has 0 amide bonds. The number of piperazine rings is 1. The molecule has 2 rings (SSSR count). The van der Waals surface area contributed by atoms with Gasteiger partial charge in [0.1, 0.15) is 0 Å². The first-order valence-corrected chi connectivity index (χ1v) is 6.49. The van der Waals surface area contributed by atoms with Crippen LogP contribution < -0.4 is 10.6 Å². The van der Waals surface area contributed by atoms with Crippen molar-refractivity contribution in [1.82, 2.24) is 4.90 Å². The molecular weight excluding hydrogens is 210 g/mol. The van der Waals surface area contributed by atoms with E-state index in [9.17, 15) is 0 Å². The van der Waals surface area contributed by atoms with Crippen molar-refractivity contribution in [2.45, 2.75) is 19.4 Å². The number of likely N-dealkylation sites (N-methyl/N-ethyl adjacent to an activating group) is 1. The van der Waals surface area contributed by atoms with E-state index in [1.807, 2.05) is 0 Å². The van der Waals surface area contributed by atoms with Gasteiger partial charge in [0.15, 0.2) is 0 Å². The molecule has 1 atom stereocenters. The Bertz CT molecular complexity index is 339. The molecule has 1 aromatic carbocycles. The molecule has 1 aliphatic heterocycles. The van der Waals surface area contributed by atoms with Crippen LogP contribution in [0.15, 0.2) is 24.3 Å². The number of hydrogen-bond acceptors (Lipinski definition) is 3. The van der Waals surface area contributed by atoms with E-state index in [1.54, 1.807) is 0 Å². The lowest BCUT2D eigenvalue weighted by molar-refractivity contribution is 0.313. The second kappa shape index (κ2) is 5.52. The van der Waals surface area contributed by atoms with Crippen molar-refractivity contribution in [2.75, 3.05) is 38.1 Å². The topological polar surface area (TPSA) is 32.5 Å². The second-order valence-electron chi connectivity index (χ2n) is 4.90. The summed E-state index contributed by atoms with van der Waals surface area (Å²) < 4.78 is 0. The Hall–Kier alpha value is -1.06. The number of hydrogen-bond donors (Lipinski definition) is 1. The standard InChI is InChI=1S/C14H23N3/c1-3-14(15)12-4-6-13(7-5-12)17-10-8-16(2)9-11-17/h4-7,14H,3,8-11,15H2,1-2H3. The highest BCUT2D eigenvalue weighted by molar-refractivity contribution is 5.48. The van der Waals surface area contributed by atoms with Gasteiger partial charge in [-0.05, 0) is 31.2 Å². The molecule has 1 aliphatic rings. The first kappa shape index (κ1) is 12.4. The zero-order valence-corrected chi connectivity index (χ0v) is 10.9. The van der Waals surface area contributed by atoms with E-state index in [0.29, 0.717) is 0 Å². The van der Waals surface area contributed by atoms with Crippen LogP contribution in [-0.2, 0) is 0 Å². The zero-order chi connectivity index (χ0) is 12.3. The van der Waals surface area contributed by atoms with Gasteiger partial charge in [-0.2, -0.15) is 0 Å². The lowest BCUT2D eigenvalue weighted by Gasteiger charge is -2.34. The summed E-state index contributed by atoms with van der Waals surface area (Å²) in [4.78, 5) is 4.82. The Balaban J connectivity index is 2.02. The van der Waals surface area contributed by atoms with Gasteiger partial charge in [0.25, 0.3) is 0 Å². The van der Waals surface area contributed by atoms with E-state index in [-0.39, 0.29) is 6.04 Å². The highest BCUT2D eigenvalue weighted by atomic mass is 15.2. The minimum atomic E-state index is 0.177. The van der Waals surface area contributed by atoms with Crippen molar-refractivity contribution in [2.24, 2.45) is 5.73 Å². The van der Waals surface area contributed by atoms with Gasteiger partial charge in [0, 0.05) is 37.9 Å². The summed E-state index contributed by atoms with van der Waals surface area (Å²) in [6.45, 7) is 6.66. The molecule has 1 unspecified atom stereocenters. The van der Waals surface area contributed by atoms with E-state index in [2.05, 4.69) is 48.0 Å². The maximum absolute atomic E-state index is 6.02. The third-order valence-electron chi connectivity index (χ3n) is 3.63. The minimum absolute atomic E-state index is 0.177. The third kappa shape index (κ3) is 2.99. The minimum Gasteiger partial charge on any atom is -0.369 e. The molecule has 0 radical (unpaired) electrons. The van der Waals surface area contributed by atoms with Crippen LogP contribution in [0.3, 0.4) is 0 Å². The number of anilines is 1. The fraction of sp³-hybridized carbons (Fsp3) is 0.571. The largest absolute Gasteiger partial charge is 0.369 e. The molecule has 0 aromatic heterocycles. The van der Waals surface area contributed by atoms with Crippen LogP contribution in [0.5, 0.6) is 0 Å². The molecule has 1 heterocycles. The summed E-state index contributed by atoms with van der Waals surface area (Å²) in [5.41, 5.74) is 8.59. The second-order valence-corrected chi connectivity index (χ2v) is 4.90. The lowest BCUT2D eigenvalue weighted by Crippen LogP contribution is -2.44. The summed E-state index contributed by atoms with van der Waals surface area (Å²) in [6, 6.07) is 8.92. The van der Waals surface area contributed by atoms with Crippen LogP contribution in [0.2, 0.25) is 0 Å². The predicted octanol–water partition coefficient (Wildman–Crippen LogP) is 1.85. The zero-order valence-electron chi connectivity index (χ0n) is 10.9. The van der Waals surface area contributed by atoms with E-state index in [1.165, 1.54) is 11.3 Å². The average molecular weight is 233 g/mol. The maximum atomic E-state index is 6.02. The fourth-order valence-corrected chi connectivity index (χ4v) is 2.23. The van der Waals surface area contributed by atoms with Crippen LogP contribution in [-0.4, -0.2) is 38.1 Å². The van der Waals surface area contributed by atoms with Crippen LogP contribution in [0.4, 0.5) is 5.69 Å². The van der Waals surface area contributed by atoms with E-state index < -0.39 is 0 Å². The Morgan fingerprint density at radius 2 is 1.71 bits per heavy atom. The summed E-state index contributed by atoms with van der Waals surface area (Å²) in [5, 5.41) is 0. The van der Waals surface area contributed by atoms with Gasteiger partial charge in [-0.25, -0.2) is 0 Å². The third-order valence-corrected chi connectivity index (χ3v) is 3.63. The van der Waals surface area contributed by atoms with Crippen molar-refractivity contribution < 1.29 is 0 Å². The first-order valence-electron chi connectivity index (χ1n) is 6.49. The van der Waals surface area contributed by atoms with Gasteiger partial charge in [-0.15, -0.1) is 0 Å². The molecule has 3 heteroatoms. The highest BCUT2D eigenvalue weighted by Crippen LogP contribution is 2.20. The quantitative estimate of drug-likeness (QED) is 0.865. The molecule has 0 aliphatic carbocycles. The molecule has 0 saturated carbocycles. The summed E-state index contributed by atoms with van der Waals surface area (Å²) in [6.07, 6.45) is 0.994. The van der Waals surface area contributed by atoms with E-state index >= 15 is 0 Å². The highest BCUT2D eigenvalue weighted by Gasteiger charge is 2.14. The fourth-order valence-electron chi connectivity index (χ4n) is 2.23. The van der Waals surface area contributed by atoms with Crippen LogP contribution in [0.25, 0.3) is 0 Å². The number of nitrogens with zero attached hydrogens (tertiary/aromatic N) is 2. The molecule has 0 spiro atoms. The lowest BCUT2D eigenvalue weighted by atomic mass is 10.0. The smallest absolute Gasteiger partial charge is 0.0367 e. The molecular formula is C14H23N3. The molecule has 94 valence electrons. The predicted molar refractivity (Wildman–Crippen MR) is 73.4 cm³/mol. The average Bonchev–Trinajstić information content (AvgIpc) is 2.39. The first-order chi connectivity index (χ1) is 8.20. The van der Waals surface area contributed by atoms with Gasteiger partial charge >= 0.3 is 0 Å². The Kier molecular flexibility index (Phi) is 4.02. The Labute approximate surface area is 104 Å². The maximum Gasteiger partial charge on any atom is 0.0367 e. The van der Waals surface area contributed by atoms with Crippen molar-refractivity contribution in [3.63, 3.8) is 0 Å². The molecule has 17 heavy (non-hydrogen) atoms. The molecule has 1 aromatic rings. The van der Waals surface area contributed by atoms with Crippen LogP contribution in [0.1, 0.15) is 24.9 Å². The number of benzene rings is 1. The van der Waals surface area contributed by atoms with Gasteiger partial charge in [0.05, 0.1) is 0 Å². The molecule has 2 N–H and O–H groups in total. The Morgan fingerprint density at radius 1 is 1.12 bits per heavy atom. The monoisotopic (exact) mass is 233 g/mol. The normalized spacial score (nSPS) is 19.4.